The van der Waals surface area contributed by atoms with Gasteiger partial charge in [0.05, 0.1) is 25.5 Å². The molecule has 36 heavy (non-hydrogen) atoms. The summed E-state index contributed by atoms with van der Waals surface area (Å²) in [6.07, 6.45) is 8.59. The number of halogens is 1. The Morgan fingerprint density at radius 3 is 2.50 bits per heavy atom. The van der Waals surface area contributed by atoms with Crippen molar-refractivity contribution < 1.29 is 18.7 Å². The first-order valence-corrected chi connectivity index (χ1v) is 12.1. The predicted octanol–water partition coefficient (Wildman–Crippen LogP) is 2.58. The summed E-state index contributed by atoms with van der Waals surface area (Å²) in [5, 5.41) is 17.6. The van der Waals surface area contributed by atoms with Crippen molar-refractivity contribution in [2.75, 3.05) is 29.6 Å². The third-order valence-corrected chi connectivity index (χ3v) is 6.46. The standard InChI is InChI=1S/C24H29FN8O3/c1-36-22(34)13-27-14-2-4-16(5-3-14)30-21-11-18(29-15-6-7-15)23-28-12-19(33(23)32-21)24(35)31-17-8-9-26-20(25)10-17/h8-12,14-16,27,29H,2-7,13H2,1H3,(H,30,32)(H,26,31,35). The van der Waals surface area contributed by atoms with Gasteiger partial charge in [-0.15, -0.1) is 5.10 Å². The fraction of sp³-hybridized carbons (Fsp3) is 0.458. The molecule has 0 radical (unpaired) electrons. The van der Waals surface area contributed by atoms with Crippen molar-refractivity contribution in [3.05, 3.63) is 42.2 Å². The number of ether oxygens (including phenoxy) is 1. The van der Waals surface area contributed by atoms with Gasteiger partial charge < -0.3 is 26.0 Å². The molecular formula is C24H29FN8O3. The van der Waals surface area contributed by atoms with Crippen LogP contribution in [0.3, 0.4) is 0 Å². The first-order chi connectivity index (χ1) is 17.5. The number of amides is 1. The summed E-state index contributed by atoms with van der Waals surface area (Å²) < 4.78 is 19.7. The highest BCUT2D eigenvalue weighted by Gasteiger charge is 2.26. The van der Waals surface area contributed by atoms with Crippen molar-refractivity contribution in [3.8, 4) is 0 Å². The number of hydrogen-bond acceptors (Lipinski definition) is 9. The van der Waals surface area contributed by atoms with Gasteiger partial charge in [0.25, 0.3) is 5.91 Å². The molecule has 1 amide bonds. The Morgan fingerprint density at radius 1 is 1.06 bits per heavy atom. The average Bonchev–Trinajstić information content (AvgIpc) is 3.58. The molecule has 3 aromatic rings. The topological polar surface area (TPSA) is 135 Å². The summed E-state index contributed by atoms with van der Waals surface area (Å²) >= 11 is 0. The quantitative estimate of drug-likeness (QED) is 0.260. The fourth-order valence-corrected chi connectivity index (χ4v) is 4.37. The molecule has 190 valence electrons. The van der Waals surface area contributed by atoms with Crippen molar-refractivity contribution in [1.82, 2.24) is 24.9 Å². The molecule has 0 saturated heterocycles. The lowest BCUT2D eigenvalue weighted by Gasteiger charge is -2.30. The molecule has 11 nitrogen and oxygen atoms in total. The van der Waals surface area contributed by atoms with E-state index >= 15 is 0 Å². The second-order valence-electron chi connectivity index (χ2n) is 9.21. The SMILES string of the molecule is COC(=O)CNC1CCC(Nc2cc(NC3CC3)c3ncc(C(=O)Nc4ccnc(F)c4)n3n2)CC1. The molecule has 0 aromatic carbocycles. The van der Waals surface area contributed by atoms with E-state index in [1.165, 1.54) is 30.1 Å². The molecule has 12 heteroatoms. The van der Waals surface area contributed by atoms with E-state index in [2.05, 4.69) is 36.3 Å². The lowest BCUT2D eigenvalue weighted by Crippen LogP contribution is -2.39. The van der Waals surface area contributed by atoms with Crippen LogP contribution in [0.4, 0.5) is 21.6 Å². The van der Waals surface area contributed by atoms with Gasteiger partial charge in [0.1, 0.15) is 5.82 Å². The van der Waals surface area contributed by atoms with Crippen LogP contribution in [0.5, 0.6) is 0 Å². The molecule has 2 saturated carbocycles. The number of hydrogen-bond donors (Lipinski definition) is 4. The Bertz CT molecular complexity index is 1250. The van der Waals surface area contributed by atoms with Gasteiger partial charge in [-0.1, -0.05) is 0 Å². The van der Waals surface area contributed by atoms with Gasteiger partial charge in [0.2, 0.25) is 5.95 Å². The number of anilines is 3. The van der Waals surface area contributed by atoms with Crippen molar-refractivity contribution in [3.63, 3.8) is 0 Å². The number of esters is 1. The molecule has 4 N–H and O–H groups in total. The van der Waals surface area contributed by atoms with E-state index in [1.807, 2.05) is 6.07 Å². The molecule has 0 atom stereocenters. The highest BCUT2D eigenvalue weighted by atomic mass is 19.1. The van der Waals surface area contributed by atoms with E-state index in [9.17, 15) is 14.0 Å². The maximum atomic E-state index is 13.5. The number of rotatable bonds is 9. The monoisotopic (exact) mass is 496 g/mol. The van der Waals surface area contributed by atoms with Crippen LogP contribution >= 0.6 is 0 Å². The second-order valence-corrected chi connectivity index (χ2v) is 9.21. The summed E-state index contributed by atoms with van der Waals surface area (Å²) in [7, 11) is 1.38. The van der Waals surface area contributed by atoms with Crippen LogP contribution in [-0.2, 0) is 9.53 Å². The third kappa shape index (κ3) is 5.70. The van der Waals surface area contributed by atoms with Gasteiger partial charge in [-0.2, -0.15) is 4.39 Å². The van der Waals surface area contributed by atoms with E-state index in [0.29, 0.717) is 23.2 Å². The van der Waals surface area contributed by atoms with Crippen molar-refractivity contribution >= 4 is 34.7 Å². The predicted molar refractivity (Wildman–Crippen MR) is 131 cm³/mol. The van der Waals surface area contributed by atoms with E-state index in [0.717, 1.165) is 50.3 Å². The minimum atomic E-state index is -0.679. The molecule has 2 aliphatic carbocycles. The molecular weight excluding hydrogens is 467 g/mol. The Balaban J connectivity index is 1.32. The Kier molecular flexibility index (Phi) is 6.94. The van der Waals surface area contributed by atoms with Crippen molar-refractivity contribution in [1.29, 1.82) is 0 Å². The second kappa shape index (κ2) is 10.4. The smallest absolute Gasteiger partial charge is 0.319 e. The van der Waals surface area contributed by atoms with Gasteiger partial charge >= 0.3 is 5.97 Å². The Hall–Kier alpha value is -3.80. The highest BCUT2D eigenvalue weighted by molar-refractivity contribution is 6.03. The molecule has 3 heterocycles. The molecule has 5 rings (SSSR count). The number of carbonyl (C=O) groups is 2. The molecule has 0 aliphatic heterocycles. The van der Waals surface area contributed by atoms with E-state index in [1.54, 1.807) is 0 Å². The first-order valence-electron chi connectivity index (χ1n) is 12.1. The summed E-state index contributed by atoms with van der Waals surface area (Å²) in [6, 6.07) is 5.46. The zero-order chi connectivity index (χ0) is 25.1. The molecule has 2 fully saturated rings. The molecule has 3 aromatic heterocycles. The van der Waals surface area contributed by atoms with Gasteiger partial charge in [-0.05, 0) is 44.6 Å². The van der Waals surface area contributed by atoms with Crippen molar-refractivity contribution in [2.24, 2.45) is 0 Å². The summed E-state index contributed by atoms with van der Waals surface area (Å²) in [6.45, 7) is 0.214. The maximum Gasteiger partial charge on any atom is 0.319 e. The van der Waals surface area contributed by atoms with Gasteiger partial charge in [0.15, 0.2) is 11.3 Å². The van der Waals surface area contributed by atoms with Gasteiger partial charge in [-0.3, -0.25) is 9.59 Å². The van der Waals surface area contributed by atoms with Crippen LogP contribution < -0.4 is 21.3 Å². The molecule has 0 spiro atoms. The third-order valence-electron chi connectivity index (χ3n) is 6.46. The maximum absolute atomic E-state index is 13.5. The van der Waals surface area contributed by atoms with E-state index < -0.39 is 11.9 Å². The van der Waals surface area contributed by atoms with Gasteiger partial charge in [-0.25, -0.2) is 14.5 Å². The summed E-state index contributed by atoms with van der Waals surface area (Å²) in [5.74, 6) is -0.759. The van der Waals surface area contributed by atoms with Crippen LogP contribution in [0.2, 0.25) is 0 Å². The van der Waals surface area contributed by atoms with Crippen LogP contribution in [0.25, 0.3) is 5.65 Å². The first kappa shape index (κ1) is 23.9. The number of pyridine rings is 1. The number of fused-ring (bicyclic) bond motifs is 1. The summed E-state index contributed by atoms with van der Waals surface area (Å²) in [4.78, 5) is 32.3. The molecule has 0 unspecified atom stereocenters. The number of nitrogens with zero attached hydrogens (tertiary/aromatic N) is 4. The van der Waals surface area contributed by atoms with Crippen LogP contribution in [0.1, 0.15) is 49.0 Å². The minimum absolute atomic E-state index is 0.209. The Labute approximate surface area is 207 Å². The van der Waals surface area contributed by atoms with E-state index in [-0.39, 0.29) is 30.3 Å². The van der Waals surface area contributed by atoms with E-state index in [4.69, 9.17) is 4.74 Å². The van der Waals surface area contributed by atoms with Gasteiger partial charge in [0, 0.05) is 42.1 Å². The number of imidazole rings is 1. The largest absolute Gasteiger partial charge is 0.468 e. The lowest BCUT2D eigenvalue weighted by molar-refractivity contribution is -0.139. The average molecular weight is 497 g/mol. The zero-order valence-corrected chi connectivity index (χ0v) is 20.0. The van der Waals surface area contributed by atoms with Crippen LogP contribution in [0, 0.1) is 5.95 Å². The Morgan fingerprint density at radius 2 is 1.78 bits per heavy atom. The number of carbonyl (C=O) groups excluding carboxylic acids is 2. The minimum Gasteiger partial charge on any atom is -0.468 e. The normalized spacial score (nSPS) is 19.6. The highest BCUT2D eigenvalue weighted by Crippen LogP contribution is 2.30. The number of aromatic nitrogens is 4. The van der Waals surface area contributed by atoms with Crippen LogP contribution in [-0.4, -0.2) is 63.2 Å². The van der Waals surface area contributed by atoms with Crippen molar-refractivity contribution in [2.45, 2.75) is 56.7 Å². The van der Waals surface area contributed by atoms with Crippen LogP contribution in [0.15, 0.2) is 30.6 Å². The summed E-state index contributed by atoms with van der Waals surface area (Å²) in [5.41, 5.74) is 1.89. The number of methoxy groups -OCH3 is 1. The fourth-order valence-electron chi connectivity index (χ4n) is 4.37. The zero-order valence-electron chi connectivity index (χ0n) is 20.0. The number of nitrogens with one attached hydrogen (secondary N) is 4. The molecule has 2 aliphatic rings. The molecule has 0 bridgehead atoms. The lowest BCUT2D eigenvalue weighted by atomic mass is 9.91.